The van der Waals surface area contributed by atoms with Crippen LogP contribution in [-0.4, -0.2) is 67.5 Å². The highest BCUT2D eigenvalue weighted by molar-refractivity contribution is 7.89. The van der Waals surface area contributed by atoms with Gasteiger partial charge in [-0.15, -0.1) is 0 Å². The van der Waals surface area contributed by atoms with E-state index in [2.05, 4.69) is 10.2 Å². The summed E-state index contributed by atoms with van der Waals surface area (Å²) in [7, 11) is -2.70. The van der Waals surface area contributed by atoms with Gasteiger partial charge in [-0.25, -0.2) is 8.42 Å². The molecular weight excluding hydrogens is 524 g/mol. The van der Waals surface area contributed by atoms with Crippen LogP contribution in [0.2, 0.25) is 0 Å². The molecule has 0 aliphatic carbocycles. The van der Waals surface area contributed by atoms with Crippen molar-refractivity contribution in [2.45, 2.75) is 69.5 Å². The van der Waals surface area contributed by atoms with Gasteiger partial charge in [0.2, 0.25) is 0 Å². The SMILES string of the molecule is CC(=O)ON(C)S(=O)(=O)c1cccc(CCCCOCCCCCCNC[C@@H](O)c2ccc(O)c(CO)c2)c1. The molecule has 11 heteroatoms. The van der Waals surface area contributed by atoms with Crippen molar-refractivity contribution in [3.05, 3.63) is 59.2 Å². The minimum atomic E-state index is -3.90. The van der Waals surface area contributed by atoms with Crippen LogP contribution in [0.25, 0.3) is 0 Å². The number of unbranched alkanes of at least 4 members (excludes halogenated alkanes) is 4. The van der Waals surface area contributed by atoms with Gasteiger partial charge in [-0.2, -0.15) is 0 Å². The third-order valence-corrected chi connectivity index (χ3v) is 7.79. The number of ether oxygens (including phenoxy) is 1. The lowest BCUT2D eigenvalue weighted by atomic mass is 10.1. The normalized spacial score (nSPS) is 12.5. The fourth-order valence-corrected chi connectivity index (χ4v) is 5.03. The number of nitrogens with zero attached hydrogens (tertiary/aromatic N) is 1. The highest BCUT2D eigenvalue weighted by Gasteiger charge is 2.23. The van der Waals surface area contributed by atoms with E-state index in [1.165, 1.54) is 19.2 Å². The van der Waals surface area contributed by atoms with Crippen molar-refractivity contribution in [2.75, 3.05) is 33.4 Å². The number of nitrogens with one attached hydrogen (secondary N) is 1. The van der Waals surface area contributed by atoms with Crippen LogP contribution in [0.5, 0.6) is 5.75 Å². The molecule has 0 aromatic heterocycles. The molecule has 2 rings (SSSR count). The van der Waals surface area contributed by atoms with E-state index >= 15 is 0 Å². The topological polar surface area (TPSA) is 146 Å². The second-order valence-corrected chi connectivity index (χ2v) is 11.3. The molecule has 4 N–H and O–H groups in total. The van der Waals surface area contributed by atoms with E-state index < -0.39 is 22.1 Å². The smallest absolute Gasteiger partial charge is 0.323 e. The van der Waals surface area contributed by atoms with Gasteiger partial charge in [-0.3, -0.25) is 4.79 Å². The molecule has 0 aliphatic rings. The zero-order valence-corrected chi connectivity index (χ0v) is 23.7. The standard InChI is InChI=1S/C28H42N2O8S/c1-22(32)38-30(2)39(35,36)26-12-9-11-23(18-26)10-5-8-17-37-16-7-4-3-6-15-29-20-28(34)24-13-14-27(33)25(19-24)21-31/h9,11-14,18-19,28-29,31,33-34H,3-8,10,15-17,20-21H2,1-2H3/t28-/m1/s1. The van der Waals surface area contributed by atoms with E-state index in [1.54, 1.807) is 24.3 Å². The Morgan fingerprint density at radius 3 is 2.46 bits per heavy atom. The quantitative estimate of drug-likeness (QED) is 0.149. The average molecular weight is 567 g/mol. The fourth-order valence-electron chi connectivity index (χ4n) is 3.98. The molecule has 0 aliphatic heterocycles. The first-order valence-corrected chi connectivity index (χ1v) is 14.7. The van der Waals surface area contributed by atoms with E-state index in [0.29, 0.717) is 35.4 Å². The molecule has 218 valence electrons. The summed E-state index contributed by atoms with van der Waals surface area (Å²) < 4.78 is 31.3. The van der Waals surface area contributed by atoms with Crippen molar-refractivity contribution in [1.29, 1.82) is 0 Å². The molecule has 39 heavy (non-hydrogen) atoms. The first-order chi connectivity index (χ1) is 18.6. The molecule has 0 unspecified atom stereocenters. The van der Waals surface area contributed by atoms with Crippen LogP contribution in [-0.2, 0) is 37.4 Å². The van der Waals surface area contributed by atoms with E-state index in [9.17, 15) is 28.5 Å². The number of rotatable bonds is 19. The minimum Gasteiger partial charge on any atom is -0.508 e. The molecule has 1 atom stereocenters. The van der Waals surface area contributed by atoms with Gasteiger partial charge in [0.05, 0.1) is 17.6 Å². The number of aromatic hydroxyl groups is 1. The Labute approximate surface area is 231 Å². The Kier molecular flexibility index (Phi) is 14.4. The monoisotopic (exact) mass is 566 g/mol. The molecule has 0 radical (unpaired) electrons. The molecular formula is C28H42N2O8S. The summed E-state index contributed by atoms with van der Waals surface area (Å²) in [5.74, 6) is -0.679. The third-order valence-electron chi connectivity index (χ3n) is 6.18. The van der Waals surface area contributed by atoms with Gasteiger partial charge in [0, 0.05) is 39.3 Å². The lowest BCUT2D eigenvalue weighted by Gasteiger charge is -2.15. The summed E-state index contributed by atoms with van der Waals surface area (Å²) in [6.45, 7) is 3.44. The Morgan fingerprint density at radius 1 is 1.03 bits per heavy atom. The van der Waals surface area contributed by atoms with E-state index in [-0.39, 0.29) is 17.3 Å². The number of carbonyl (C=O) groups is 1. The van der Waals surface area contributed by atoms with Crippen molar-refractivity contribution in [3.8, 4) is 5.75 Å². The average Bonchev–Trinajstić information content (AvgIpc) is 2.91. The molecule has 0 fully saturated rings. The van der Waals surface area contributed by atoms with Crippen molar-refractivity contribution in [1.82, 2.24) is 9.79 Å². The Balaban J connectivity index is 1.50. The number of carbonyl (C=O) groups excluding carboxylic acids is 1. The van der Waals surface area contributed by atoms with Crippen LogP contribution < -0.4 is 5.32 Å². The van der Waals surface area contributed by atoms with Gasteiger partial charge in [0.25, 0.3) is 10.0 Å². The lowest BCUT2D eigenvalue weighted by molar-refractivity contribution is -0.162. The van der Waals surface area contributed by atoms with Crippen LogP contribution in [0, 0.1) is 0 Å². The number of phenols is 1. The minimum absolute atomic E-state index is 0.0227. The van der Waals surface area contributed by atoms with E-state index in [4.69, 9.17) is 4.74 Å². The molecule has 0 bridgehead atoms. The molecule has 10 nitrogen and oxygen atoms in total. The molecule has 0 heterocycles. The molecule has 0 saturated heterocycles. The van der Waals surface area contributed by atoms with Crippen LogP contribution in [0.4, 0.5) is 0 Å². The molecule has 0 saturated carbocycles. The number of aliphatic hydroxyl groups excluding tert-OH is 2. The first-order valence-electron chi connectivity index (χ1n) is 13.3. The predicted octanol–water partition coefficient (Wildman–Crippen LogP) is 3.21. The van der Waals surface area contributed by atoms with Crippen molar-refractivity contribution in [2.24, 2.45) is 0 Å². The maximum atomic E-state index is 12.5. The fraction of sp³-hybridized carbons (Fsp3) is 0.536. The van der Waals surface area contributed by atoms with E-state index in [1.807, 2.05) is 6.07 Å². The van der Waals surface area contributed by atoms with Gasteiger partial charge in [-0.1, -0.05) is 31.0 Å². The summed E-state index contributed by atoms with van der Waals surface area (Å²) in [5, 5.41) is 32.3. The second kappa shape index (κ2) is 17.2. The van der Waals surface area contributed by atoms with E-state index in [0.717, 1.165) is 64.0 Å². The number of sulfonamides is 1. The largest absolute Gasteiger partial charge is 0.508 e. The number of hydroxylamine groups is 1. The first kappa shape index (κ1) is 32.7. The molecule has 0 amide bonds. The van der Waals surface area contributed by atoms with Crippen LogP contribution in [0.1, 0.15) is 68.2 Å². The van der Waals surface area contributed by atoms with Crippen LogP contribution in [0.3, 0.4) is 0 Å². The van der Waals surface area contributed by atoms with Gasteiger partial charge in [0.15, 0.2) is 0 Å². The highest BCUT2D eigenvalue weighted by Crippen LogP contribution is 2.22. The van der Waals surface area contributed by atoms with Gasteiger partial charge in [0.1, 0.15) is 5.75 Å². The van der Waals surface area contributed by atoms with Gasteiger partial charge < -0.3 is 30.2 Å². The highest BCUT2D eigenvalue weighted by atomic mass is 32.2. The summed E-state index contributed by atoms with van der Waals surface area (Å²) in [4.78, 5) is 15.8. The number of benzene rings is 2. The number of aryl methyl sites for hydroxylation is 1. The Hall–Kier alpha value is -2.54. The molecule has 2 aromatic rings. The third kappa shape index (κ3) is 11.6. The second-order valence-electron chi connectivity index (χ2n) is 9.39. The molecule has 0 spiro atoms. The maximum Gasteiger partial charge on any atom is 0.323 e. The number of hydrogen-bond acceptors (Lipinski definition) is 9. The molecule has 2 aromatic carbocycles. The summed E-state index contributed by atoms with van der Waals surface area (Å²) in [6, 6.07) is 11.4. The maximum absolute atomic E-state index is 12.5. The Bertz CT molecular complexity index is 1130. The summed E-state index contributed by atoms with van der Waals surface area (Å²) >= 11 is 0. The van der Waals surface area contributed by atoms with Crippen molar-refractivity contribution < 1.29 is 38.1 Å². The van der Waals surface area contributed by atoms with Gasteiger partial charge >= 0.3 is 5.97 Å². The number of hydrogen-bond donors (Lipinski definition) is 4. The van der Waals surface area contributed by atoms with Gasteiger partial charge in [-0.05, 0) is 78.5 Å². The van der Waals surface area contributed by atoms with Crippen molar-refractivity contribution >= 4 is 16.0 Å². The number of aliphatic hydroxyl groups is 2. The predicted molar refractivity (Wildman–Crippen MR) is 147 cm³/mol. The zero-order valence-electron chi connectivity index (χ0n) is 22.8. The van der Waals surface area contributed by atoms with Crippen LogP contribution >= 0.6 is 0 Å². The summed E-state index contributed by atoms with van der Waals surface area (Å²) in [6.07, 6.45) is 5.86. The lowest BCUT2D eigenvalue weighted by Crippen LogP contribution is -2.29. The zero-order chi connectivity index (χ0) is 28.7. The van der Waals surface area contributed by atoms with Crippen LogP contribution in [0.15, 0.2) is 47.4 Å². The van der Waals surface area contributed by atoms with Crippen molar-refractivity contribution in [3.63, 3.8) is 0 Å². The summed E-state index contributed by atoms with van der Waals surface area (Å²) in [5.41, 5.74) is 1.96. The Morgan fingerprint density at radius 2 is 1.74 bits per heavy atom.